The van der Waals surface area contributed by atoms with Gasteiger partial charge in [-0.3, -0.25) is 4.79 Å². The Morgan fingerprint density at radius 1 is 1.50 bits per heavy atom. The van der Waals surface area contributed by atoms with E-state index in [2.05, 4.69) is 5.32 Å². The second-order valence-electron chi connectivity index (χ2n) is 4.95. The van der Waals surface area contributed by atoms with Gasteiger partial charge < -0.3 is 19.6 Å². The third-order valence-corrected chi connectivity index (χ3v) is 3.64. The predicted octanol–water partition coefficient (Wildman–Crippen LogP) is 1.84. The SMILES string of the molecule is CCc1oc(C(=O)NC2CCC(OC)C2)cc1C(=O)O. The first-order valence-corrected chi connectivity index (χ1v) is 6.74. The van der Waals surface area contributed by atoms with E-state index in [0.717, 1.165) is 19.3 Å². The summed E-state index contributed by atoms with van der Waals surface area (Å²) in [6.45, 7) is 1.78. The van der Waals surface area contributed by atoms with Gasteiger partial charge in [-0.1, -0.05) is 6.92 Å². The lowest BCUT2D eigenvalue weighted by Crippen LogP contribution is -2.33. The quantitative estimate of drug-likeness (QED) is 0.859. The fourth-order valence-electron chi connectivity index (χ4n) is 2.53. The van der Waals surface area contributed by atoms with E-state index in [9.17, 15) is 9.59 Å². The van der Waals surface area contributed by atoms with Gasteiger partial charge in [0.1, 0.15) is 11.3 Å². The number of carbonyl (C=O) groups is 2. The topological polar surface area (TPSA) is 88.8 Å². The number of carbonyl (C=O) groups excluding carboxylic acids is 1. The van der Waals surface area contributed by atoms with E-state index in [-0.39, 0.29) is 29.4 Å². The highest BCUT2D eigenvalue weighted by Gasteiger charge is 2.27. The number of carboxylic acids is 1. The van der Waals surface area contributed by atoms with Gasteiger partial charge in [0, 0.05) is 25.6 Å². The number of carboxylic acid groups (broad SMARTS) is 1. The zero-order chi connectivity index (χ0) is 14.7. The average Bonchev–Trinajstić information content (AvgIpc) is 3.04. The highest BCUT2D eigenvalue weighted by molar-refractivity contribution is 5.96. The molecule has 2 unspecified atom stereocenters. The van der Waals surface area contributed by atoms with Crippen molar-refractivity contribution in [2.75, 3.05) is 7.11 Å². The molecule has 0 saturated heterocycles. The van der Waals surface area contributed by atoms with Crippen LogP contribution in [0.5, 0.6) is 0 Å². The zero-order valence-electron chi connectivity index (χ0n) is 11.6. The Morgan fingerprint density at radius 2 is 2.25 bits per heavy atom. The summed E-state index contributed by atoms with van der Waals surface area (Å²) in [6.07, 6.45) is 3.16. The molecule has 6 heteroatoms. The van der Waals surface area contributed by atoms with E-state index < -0.39 is 5.97 Å². The van der Waals surface area contributed by atoms with Gasteiger partial charge in [-0.05, 0) is 19.3 Å². The van der Waals surface area contributed by atoms with Gasteiger partial charge in [0.2, 0.25) is 0 Å². The minimum absolute atomic E-state index is 0.0518. The van der Waals surface area contributed by atoms with Gasteiger partial charge in [0.25, 0.3) is 5.91 Å². The summed E-state index contributed by atoms with van der Waals surface area (Å²) in [5, 5.41) is 11.9. The zero-order valence-corrected chi connectivity index (χ0v) is 11.6. The van der Waals surface area contributed by atoms with Crippen LogP contribution in [0.15, 0.2) is 10.5 Å². The van der Waals surface area contributed by atoms with E-state index in [1.165, 1.54) is 6.07 Å². The monoisotopic (exact) mass is 281 g/mol. The van der Waals surface area contributed by atoms with Crippen LogP contribution in [0.25, 0.3) is 0 Å². The molecule has 1 heterocycles. The number of hydrogen-bond donors (Lipinski definition) is 2. The molecule has 0 aliphatic heterocycles. The van der Waals surface area contributed by atoms with Crippen LogP contribution >= 0.6 is 0 Å². The van der Waals surface area contributed by atoms with Gasteiger partial charge in [0.05, 0.1) is 6.10 Å². The largest absolute Gasteiger partial charge is 0.478 e. The van der Waals surface area contributed by atoms with Crippen LogP contribution in [0.1, 0.15) is 52.9 Å². The van der Waals surface area contributed by atoms with E-state index in [1.807, 2.05) is 0 Å². The maximum Gasteiger partial charge on any atom is 0.339 e. The van der Waals surface area contributed by atoms with Crippen molar-refractivity contribution in [1.82, 2.24) is 5.32 Å². The Balaban J connectivity index is 2.04. The molecular weight excluding hydrogens is 262 g/mol. The van der Waals surface area contributed by atoms with Crippen LogP contribution in [0, 0.1) is 0 Å². The lowest BCUT2D eigenvalue weighted by atomic mass is 10.2. The predicted molar refractivity (Wildman–Crippen MR) is 70.9 cm³/mol. The van der Waals surface area contributed by atoms with Crippen molar-refractivity contribution in [2.45, 2.75) is 44.8 Å². The van der Waals surface area contributed by atoms with Crippen LogP contribution in [0.2, 0.25) is 0 Å². The molecule has 1 fully saturated rings. The van der Waals surface area contributed by atoms with Gasteiger partial charge >= 0.3 is 5.97 Å². The minimum Gasteiger partial charge on any atom is -0.478 e. The van der Waals surface area contributed by atoms with Crippen LogP contribution in [0.4, 0.5) is 0 Å². The number of methoxy groups -OCH3 is 1. The number of hydrogen-bond acceptors (Lipinski definition) is 4. The highest BCUT2D eigenvalue weighted by atomic mass is 16.5. The van der Waals surface area contributed by atoms with Crippen molar-refractivity contribution >= 4 is 11.9 Å². The molecule has 0 bridgehead atoms. The summed E-state index contributed by atoms with van der Waals surface area (Å²) < 4.78 is 10.6. The molecule has 0 spiro atoms. The summed E-state index contributed by atoms with van der Waals surface area (Å²) in [4.78, 5) is 23.1. The van der Waals surface area contributed by atoms with Crippen LogP contribution < -0.4 is 5.32 Å². The fourth-order valence-corrected chi connectivity index (χ4v) is 2.53. The molecule has 110 valence electrons. The first-order valence-electron chi connectivity index (χ1n) is 6.74. The van der Waals surface area contributed by atoms with Gasteiger partial charge in [0.15, 0.2) is 5.76 Å². The average molecular weight is 281 g/mol. The highest BCUT2D eigenvalue weighted by Crippen LogP contribution is 2.22. The normalized spacial score (nSPS) is 21.9. The van der Waals surface area contributed by atoms with Gasteiger partial charge in [-0.25, -0.2) is 4.79 Å². The molecule has 1 aromatic rings. The molecule has 1 saturated carbocycles. The lowest BCUT2D eigenvalue weighted by Gasteiger charge is -2.11. The van der Waals surface area contributed by atoms with Crippen molar-refractivity contribution in [3.05, 3.63) is 23.2 Å². The number of aromatic carboxylic acids is 1. The first kappa shape index (κ1) is 14.6. The first-order chi connectivity index (χ1) is 9.55. The molecule has 1 aliphatic rings. The van der Waals surface area contributed by atoms with Crippen LogP contribution in [-0.2, 0) is 11.2 Å². The van der Waals surface area contributed by atoms with Crippen molar-refractivity contribution < 1.29 is 23.8 Å². The van der Waals surface area contributed by atoms with Crippen LogP contribution in [-0.4, -0.2) is 36.2 Å². The van der Waals surface area contributed by atoms with E-state index in [4.69, 9.17) is 14.3 Å². The second kappa shape index (κ2) is 6.09. The van der Waals surface area contributed by atoms with E-state index in [1.54, 1.807) is 14.0 Å². The van der Waals surface area contributed by atoms with Crippen molar-refractivity contribution in [2.24, 2.45) is 0 Å². The number of furan rings is 1. The number of rotatable bonds is 5. The number of ether oxygens (including phenoxy) is 1. The summed E-state index contributed by atoms with van der Waals surface area (Å²) >= 11 is 0. The summed E-state index contributed by atoms with van der Waals surface area (Å²) in [5.41, 5.74) is 0.0545. The van der Waals surface area contributed by atoms with Crippen molar-refractivity contribution in [1.29, 1.82) is 0 Å². The fraction of sp³-hybridized carbons (Fsp3) is 0.571. The number of nitrogens with one attached hydrogen (secondary N) is 1. The van der Waals surface area contributed by atoms with E-state index in [0.29, 0.717) is 12.2 Å². The molecule has 1 aromatic heterocycles. The Bertz CT molecular complexity index is 508. The summed E-state index contributed by atoms with van der Waals surface area (Å²) in [5.74, 6) is -1.07. The smallest absolute Gasteiger partial charge is 0.339 e. The summed E-state index contributed by atoms with van der Waals surface area (Å²) in [7, 11) is 1.66. The number of amides is 1. The van der Waals surface area contributed by atoms with Crippen LogP contribution in [0.3, 0.4) is 0 Å². The Labute approximate surface area is 117 Å². The Hall–Kier alpha value is -1.82. The Morgan fingerprint density at radius 3 is 2.75 bits per heavy atom. The molecule has 1 aliphatic carbocycles. The molecule has 2 atom stereocenters. The van der Waals surface area contributed by atoms with Gasteiger partial charge in [-0.15, -0.1) is 0 Å². The summed E-state index contributed by atoms with van der Waals surface area (Å²) in [6, 6.07) is 1.34. The molecule has 0 radical (unpaired) electrons. The molecule has 2 N–H and O–H groups in total. The maximum atomic E-state index is 12.1. The third-order valence-electron chi connectivity index (χ3n) is 3.64. The maximum absolute atomic E-state index is 12.1. The molecule has 6 nitrogen and oxygen atoms in total. The van der Waals surface area contributed by atoms with Crippen molar-refractivity contribution in [3.8, 4) is 0 Å². The van der Waals surface area contributed by atoms with E-state index >= 15 is 0 Å². The minimum atomic E-state index is -1.08. The molecule has 20 heavy (non-hydrogen) atoms. The third kappa shape index (κ3) is 3.01. The Kier molecular flexibility index (Phi) is 4.44. The molecule has 2 rings (SSSR count). The number of aryl methyl sites for hydroxylation is 1. The van der Waals surface area contributed by atoms with Crippen molar-refractivity contribution in [3.63, 3.8) is 0 Å². The second-order valence-corrected chi connectivity index (χ2v) is 4.95. The molecular formula is C14H19NO5. The molecule has 0 aromatic carbocycles. The lowest BCUT2D eigenvalue weighted by molar-refractivity contribution is 0.0694. The molecule has 1 amide bonds. The standard InChI is InChI=1S/C14H19NO5/c1-3-11-10(14(17)18)7-12(20-11)13(16)15-8-4-5-9(6-8)19-2/h7-9H,3-6H2,1-2H3,(H,15,16)(H,17,18). The van der Waals surface area contributed by atoms with Gasteiger partial charge in [-0.2, -0.15) is 0 Å².